The average molecular weight is 900 g/mol. The van der Waals surface area contributed by atoms with Crippen molar-refractivity contribution in [2.24, 2.45) is 16.5 Å². The van der Waals surface area contributed by atoms with Crippen molar-refractivity contribution in [3.05, 3.63) is 0 Å². The van der Waals surface area contributed by atoms with E-state index in [1.807, 2.05) is 0 Å². The van der Waals surface area contributed by atoms with E-state index in [2.05, 4.69) is 0 Å². The van der Waals surface area contributed by atoms with Crippen molar-refractivity contribution in [2.45, 2.75) is 142 Å². The van der Waals surface area contributed by atoms with Gasteiger partial charge in [-0.1, -0.05) is 44.7 Å². The highest BCUT2D eigenvalue weighted by Gasteiger charge is 2.36. The van der Waals surface area contributed by atoms with Crippen LogP contribution >= 0.6 is 23.2 Å². The highest BCUT2D eigenvalue weighted by atomic mass is 32.2. The van der Waals surface area contributed by atoms with Gasteiger partial charge < -0.3 is 28.0 Å². The van der Waals surface area contributed by atoms with E-state index in [1.54, 1.807) is 55.4 Å². The molecule has 16 nitrogen and oxygen atoms in total. The maximum Gasteiger partial charge on any atom is 0.403 e. The fraction of sp³-hybridized carbons (Fsp3) is 1.00. The standard InChI is InChI=1S/C30H68N3O13P3S4/c1-27(2,43-47(31,34)35)15-9-19-50(39)23-13-25-52(41)21-11-17-29(5,6)45-49(33,38)46-30(7,8)18-12-22-53(42)26-14-24-51(40)20-10-16-28(3,4)44-48(32,36)37/h9-26H2,1-8H3,(H2,33,38)(H3,31,34,35)(H3,32,36,37). The van der Waals surface area contributed by atoms with E-state index in [4.69, 9.17) is 34.6 Å². The van der Waals surface area contributed by atoms with Gasteiger partial charge in [0.25, 0.3) is 0 Å². The Morgan fingerprint density at radius 3 is 0.830 bits per heavy atom. The lowest BCUT2D eigenvalue weighted by molar-refractivity contribution is 0.0241. The first kappa shape index (κ1) is 54.6. The van der Waals surface area contributed by atoms with Crippen LogP contribution in [0.25, 0.3) is 0 Å². The molecule has 53 heavy (non-hydrogen) atoms. The number of rotatable bonds is 32. The van der Waals surface area contributed by atoms with Crippen LogP contribution in [0, 0.1) is 0 Å². The summed E-state index contributed by atoms with van der Waals surface area (Å²) in [6.45, 7) is 13.5. The van der Waals surface area contributed by atoms with Crippen molar-refractivity contribution in [1.82, 2.24) is 0 Å². The summed E-state index contributed by atoms with van der Waals surface area (Å²) in [6, 6.07) is 0. The summed E-state index contributed by atoms with van der Waals surface area (Å²) in [4.78, 5) is 18.4. The van der Waals surface area contributed by atoms with Crippen molar-refractivity contribution < 1.29 is 59.8 Å². The maximum atomic E-state index is 13.1. The lowest BCUT2D eigenvalue weighted by atomic mass is 10.0. The number of hydrogen-bond donors (Lipinski definition) is 5. The second-order valence-corrected chi connectivity index (χ2v) is 26.4. The van der Waals surface area contributed by atoms with Crippen molar-refractivity contribution >= 4 is 67.9 Å². The molecular formula is C30H68N3O13P3S4. The molecule has 0 aromatic rings. The molecule has 0 radical (unpaired) electrons. The van der Waals surface area contributed by atoms with Crippen LogP contribution in [0.4, 0.5) is 0 Å². The summed E-state index contributed by atoms with van der Waals surface area (Å²) in [5, 5.41) is 0. The van der Waals surface area contributed by atoms with Gasteiger partial charge in [-0.15, -0.1) is 0 Å². The third-order valence-electron chi connectivity index (χ3n) is 7.60. The fourth-order valence-electron chi connectivity index (χ4n) is 5.40. The van der Waals surface area contributed by atoms with E-state index in [0.717, 1.165) is 0 Å². The zero-order valence-electron chi connectivity index (χ0n) is 32.8. The molecule has 0 rings (SSSR count). The minimum absolute atomic E-state index is 0.388. The third-order valence-corrected chi connectivity index (χ3v) is 16.6. The van der Waals surface area contributed by atoms with Gasteiger partial charge in [0.2, 0.25) is 0 Å². The summed E-state index contributed by atoms with van der Waals surface area (Å²) in [5.41, 5.74) is 12.4. The first-order valence-electron chi connectivity index (χ1n) is 17.7. The second kappa shape index (κ2) is 24.6. The molecule has 0 fully saturated rings. The Labute approximate surface area is 330 Å². The van der Waals surface area contributed by atoms with Crippen LogP contribution in [0.15, 0.2) is 0 Å². The number of nitrogens with two attached hydrogens (primary N) is 3. The molecule has 320 valence electrons. The Bertz CT molecular complexity index is 1100. The predicted molar refractivity (Wildman–Crippen MR) is 218 cm³/mol. The first-order valence-corrected chi connectivity index (χ1v) is 28.5. The monoisotopic (exact) mass is 899 g/mol. The van der Waals surface area contributed by atoms with Gasteiger partial charge in [0.1, 0.15) is 46.0 Å². The molecule has 8 N–H and O–H groups in total. The van der Waals surface area contributed by atoms with Gasteiger partial charge in [-0.3, -0.25) is 18.1 Å². The van der Waals surface area contributed by atoms with Crippen LogP contribution in [-0.4, -0.2) is 96.4 Å². The molecule has 0 heterocycles. The zero-order valence-corrected chi connectivity index (χ0v) is 38.8. The quantitative estimate of drug-likeness (QED) is 0.0425. The first-order chi connectivity index (χ1) is 23.8. The Hall–Kier alpha value is 1.57. The predicted octanol–water partition coefficient (Wildman–Crippen LogP) is 5.25. The minimum atomic E-state index is -4.11. The van der Waals surface area contributed by atoms with E-state index in [-0.39, 0.29) is 0 Å². The van der Waals surface area contributed by atoms with Gasteiger partial charge in [0.15, 0.2) is 0 Å². The largest absolute Gasteiger partial charge is 0.616 e. The van der Waals surface area contributed by atoms with Gasteiger partial charge in [-0.2, -0.15) is 0 Å². The highest BCUT2D eigenvalue weighted by molar-refractivity contribution is 7.92. The molecule has 0 aliphatic rings. The van der Waals surface area contributed by atoms with Gasteiger partial charge in [0, 0.05) is 12.8 Å². The van der Waals surface area contributed by atoms with E-state index in [0.29, 0.717) is 110 Å². The van der Waals surface area contributed by atoms with Crippen LogP contribution in [0.5, 0.6) is 0 Å². The SMILES string of the molecule is CC(C)(CCC[S+]([O-])CCC[S+]([O-])CCCC(C)(C)OP(N)(=O)OC(C)(C)CCC[S+]([O-])CCC[S+]([O-])CCCC(C)(C)OP(N)(=O)O)OP(N)(=O)O. The van der Waals surface area contributed by atoms with Gasteiger partial charge in [0.05, 0.1) is 22.4 Å². The minimum Gasteiger partial charge on any atom is -0.616 e. The van der Waals surface area contributed by atoms with E-state index >= 15 is 0 Å². The molecular weight excluding hydrogens is 832 g/mol. The lowest BCUT2D eigenvalue weighted by Crippen LogP contribution is -2.31. The van der Waals surface area contributed by atoms with Crippen molar-refractivity contribution in [3.63, 3.8) is 0 Å². The van der Waals surface area contributed by atoms with Crippen LogP contribution < -0.4 is 16.5 Å². The average Bonchev–Trinajstić information content (AvgIpc) is 2.88. The van der Waals surface area contributed by atoms with Gasteiger partial charge >= 0.3 is 23.2 Å². The molecule has 0 bridgehead atoms. The molecule has 0 aromatic heterocycles. The van der Waals surface area contributed by atoms with Gasteiger partial charge in [-0.05, 0) is 107 Å². The summed E-state index contributed by atoms with van der Waals surface area (Å²) in [5.74, 6) is 3.13. The third kappa shape index (κ3) is 33.1. The van der Waals surface area contributed by atoms with Crippen LogP contribution in [0.3, 0.4) is 0 Å². The molecule has 0 aliphatic carbocycles. The molecule has 6 unspecified atom stereocenters. The van der Waals surface area contributed by atoms with Crippen molar-refractivity contribution in [2.75, 3.05) is 46.0 Å². The number of hydrogen-bond acceptors (Lipinski definition) is 11. The van der Waals surface area contributed by atoms with Crippen LogP contribution in [0.2, 0.25) is 0 Å². The molecule has 6 atom stereocenters. The second-order valence-electron chi connectivity index (χ2n) is 15.6. The Morgan fingerprint density at radius 2 is 0.623 bits per heavy atom. The lowest BCUT2D eigenvalue weighted by Gasteiger charge is -2.33. The molecule has 0 saturated heterocycles. The van der Waals surface area contributed by atoms with Crippen molar-refractivity contribution in [3.8, 4) is 0 Å². The Kier molecular flexibility index (Phi) is 25.3. The molecule has 0 aliphatic heterocycles. The van der Waals surface area contributed by atoms with Crippen molar-refractivity contribution in [1.29, 1.82) is 0 Å². The fourth-order valence-corrected chi connectivity index (χ4v) is 13.5. The Balaban J connectivity index is 4.34. The summed E-state index contributed by atoms with van der Waals surface area (Å²) >= 11 is -4.52. The highest BCUT2D eigenvalue weighted by Crippen LogP contribution is 2.49. The van der Waals surface area contributed by atoms with E-state index in [9.17, 15) is 41.7 Å². The van der Waals surface area contributed by atoms with Gasteiger partial charge in [-0.25, -0.2) is 30.2 Å². The zero-order chi connectivity index (χ0) is 41.4. The molecule has 0 amide bonds. The summed E-state index contributed by atoms with van der Waals surface area (Å²) in [7, 11) is -12.2. The molecule has 0 spiro atoms. The maximum absolute atomic E-state index is 13.1. The smallest absolute Gasteiger partial charge is 0.403 e. The summed E-state index contributed by atoms with van der Waals surface area (Å²) in [6.07, 6.45) is 4.80. The molecule has 0 saturated carbocycles. The normalized spacial score (nSPS) is 19.2. The van der Waals surface area contributed by atoms with E-state index in [1.165, 1.54) is 0 Å². The topological polar surface area (TPSA) is 299 Å². The molecule has 23 heteroatoms. The van der Waals surface area contributed by atoms with Crippen LogP contribution in [-0.2, 0) is 76.5 Å². The molecule has 0 aromatic carbocycles. The van der Waals surface area contributed by atoms with Crippen LogP contribution in [0.1, 0.15) is 120 Å². The summed E-state index contributed by atoms with van der Waals surface area (Å²) < 4.78 is 107. The Morgan fingerprint density at radius 1 is 0.434 bits per heavy atom. The van der Waals surface area contributed by atoms with E-state index < -0.39 is 90.3 Å².